The minimum absolute atomic E-state index is 0.0768. The third-order valence-electron chi connectivity index (χ3n) is 9.76. The number of nitrogens with zero attached hydrogens (tertiary/aromatic N) is 6. The number of hydrogen-bond acceptors (Lipinski definition) is 10. The van der Waals surface area contributed by atoms with Crippen LogP contribution in [0.5, 0.6) is 5.75 Å². The van der Waals surface area contributed by atoms with Crippen molar-refractivity contribution in [2.75, 3.05) is 37.0 Å². The van der Waals surface area contributed by atoms with E-state index in [0.29, 0.717) is 46.8 Å². The van der Waals surface area contributed by atoms with Gasteiger partial charge >= 0.3 is 0 Å². The SMILES string of the molecule is CNC(=O)COc1cc2cc(Nc3nc(N4CCC(Cc5ccc6c(C7CCC(=O)NC7=O)nn(C)c6c5)CC4)ncc3Cl)ccc2n(C)c1=O. The lowest BCUT2D eigenvalue weighted by atomic mass is 9.89. The molecule has 51 heavy (non-hydrogen) atoms. The van der Waals surface area contributed by atoms with E-state index in [4.69, 9.17) is 21.3 Å². The van der Waals surface area contributed by atoms with Crippen LogP contribution in [0.25, 0.3) is 21.8 Å². The molecule has 14 nitrogen and oxygen atoms in total. The molecular formula is C36H38ClN9O5. The van der Waals surface area contributed by atoms with Crippen molar-refractivity contribution in [2.45, 2.75) is 38.0 Å². The summed E-state index contributed by atoms with van der Waals surface area (Å²) in [6.45, 7) is 1.33. The Balaban J connectivity index is 1.01. The number of benzene rings is 2. The van der Waals surface area contributed by atoms with Gasteiger partial charge in [0.25, 0.3) is 11.5 Å². The summed E-state index contributed by atoms with van der Waals surface area (Å²) in [6, 6.07) is 13.5. The predicted molar refractivity (Wildman–Crippen MR) is 194 cm³/mol. The second-order valence-corrected chi connectivity index (χ2v) is 13.5. The fraction of sp³-hybridized carbons (Fsp3) is 0.361. The van der Waals surface area contributed by atoms with Crippen LogP contribution in [0.2, 0.25) is 5.02 Å². The van der Waals surface area contributed by atoms with E-state index in [1.165, 1.54) is 17.2 Å². The van der Waals surface area contributed by atoms with Crippen LogP contribution in [-0.2, 0) is 34.9 Å². The van der Waals surface area contributed by atoms with Crippen LogP contribution in [0.15, 0.2) is 53.5 Å². The molecule has 3 N–H and O–H groups in total. The van der Waals surface area contributed by atoms with E-state index in [2.05, 4.69) is 49.1 Å². The summed E-state index contributed by atoms with van der Waals surface area (Å²) < 4.78 is 8.80. The number of anilines is 3. The van der Waals surface area contributed by atoms with Crippen molar-refractivity contribution in [3.05, 3.63) is 75.3 Å². The number of amides is 3. The number of rotatable bonds is 9. The average Bonchev–Trinajstić information content (AvgIpc) is 3.45. The van der Waals surface area contributed by atoms with Gasteiger partial charge in [0.2, 0.25) is 17.8 Å². The summed E-state index contributed by atoms with van der Waals surface area (Å²) in [7, 11) is 5.05. The number of carbonyl (C=O) groups is 3. The van der Waals surface area contributed by atoms with Crippen LogP contribution >= 0.6 is 11.6 Å². The monoisotopic (exact) mass is 711 g/mol. The molecule has 2 fully saturated rings. The number of likely N-dealkylation sites (N-methyl/N-ethyl adjacent to an activating group) is 1. The zero-order chi connectivity index (χ0) is 35.8. The quantitative estimate of drug-likeness (QED) is 0.192. The highest BCUT2D eigenvalue weighted by molar-refractivity contribution is 6.33. The molecule has 0 spiro atoms. The molecule has 3 amide bonds. The Morgan fingerprint density at radius 1 is 1.04 bits per heavy atom. The van der Waals surface area contributed by atoms with Crippen LogP contribution in [0.1, 0.15) is 42.9 Å². The lowest BCUT2D eigenvalue weighted by Gasteiger charge is -2.32. The number of fused-ring (bicyclic) bond motifs is 2. The highest BCUT2D eigenvalue weighted by Crippen LogP contribution is 2.33. The van der Waals surface area contributed by atoms with E-state index in [-0.39, 0.29) is 35.6 Å². The molecule has 2 aliphatic rings. The normalized spacial score (nSPS) is 16.8. The molecule has 7 rings (SSSR count). The Morgan fingerprint density at radius 2 is 1.84 bits per heavy atom. The number of piperidine rings is 2. The number of pyridine rings is 1. The molecule has 2 saturated heterocycles. The lowest BCUT2D eigenvalue weighted by Crippen LogP contribution is -2.39. The summed E-state index contributed by atoms with van der Waals surface area (Å²) >= 11 is 6.53. The highest BCUT2D eigenvalue weighted by atomic mass is 35.5. The molecular weight excluding hydrogens is 674 g/mol. The van der Waals surface area contributed by atoms with Crippen molar-refractivity contribution in [1.29, 1.82) is 0 Å². The van der Waals surface area contributed by atoms with Gasteiger partial charge in [0.05, 0.1) is 28.8 Å². The molecule has 2 aromatic carbocycles. The third-order valence-corrected chi connectivity index (χ3v) is 10.0. The first-order chi connectivity index (χ1) is 24.6. The van der Waals surface area contributed by atoms with E-state index in [9.17, 15) is 19.2 Å². The van der Waals surface area contributed by atoms with Crippen LogP contribution in [0.3, 0.4) is 0 Å². The molecule has 0 saturated carbocycles. The van der Waals surface area contributed by atoms with E-state index >= 15 is 0 Å². The zero-order valence-corrected chi connectivity index (χ0v) is 29.3. The first-order valence-electron chi connectivity index (χ1n) is 16.9. The largest absolute Gasteiger partial charge is 0.478 e. The Bertz CT molecular complexity index is 2240. The van der Waals surface area contributed by atoms with Crippen LogP contribution in [0.4, 0.5) is 17.5 Å². The number of imide groups is 1. The van der Waals surface area contributed by atoms with Gasteiger partial charge in [-0.1, -0.05) is 23.7 Å². The highest BCUT2D eigenvalue weighted by Gasteiger charge is 2.32. The van der Waals surface area contributed by atoms with Gasteiger partial charge in [0.1, 0.15) is 5.02 Å². The summed E-state index contributed by atoms with van der Waals surface area (Å²) in [5.41, 5.74) is 3.98. The number of aromatic nitrogens is 5. The van der Waals surface area contributed by atoms with E-state index in [1.807, 2.05) is 29.9 Å². The second-order valence-electron chi connectivity index (χ2n) is 13.1. The van der Waals surface area contributed by atoms with Gasteiger partial charge in [-0.2, -0.15) is 10.1 Å². The molecule has 3 aromatic heterocycles. The first kappa shape index (κ1) is 34.0. The molecule has 5 aromatic rings. The maximum atomic E-state index is 12.8. The molecule has 1 atom stereocenters. The van der Waals surface area contributed by atoms with Gasteiger partial charge in [0.15, 0.2) is 18.2 Å². The van der Waals surface area contributed by atoms with Crippen molar-refractivity contribution in [1.82, 2.24) is 34.9 Å². The molecule has 0 bridgehead atoms. The number of halogens is 1. The predicted octanol–water partition coefficient (Wildman–Crippen LogP) is 3.72. The molecule has 0 radical (unpaired) electrons. The van der Waals surface area contributed by atoms with Crippen molar-refractivity contribution >= 4 is 68.6 Å². The third kappa shape index (κ3) is 6.96. The molecule has 15 heteroatoms. The Morgan fingerprint density at radius 3 is 2.61 bits per heavy atom. The topological polar surface area (TPSA) is 165 Å². The van der Waals surface area contributed by atoms with E-state index in [1.54, 1.807) is 19.3 Å². The molecule has 264 valence electrons. The van der Waals surface area contributed by atoms with E-state index < -0.39 is 5.92 Å². The van der Waals surface area contributed by atoms with Crippen molar-refractivity contribution < 1.29 is 19.1 Å². The van der Waals surface area contributed by atoms with Gasteiger partial charge in [-0.3, -0.25) is 29.2 Å². The second kappa shape index (κ2) is 14.0. The summed E-state index contributed by atoms with van der Waals surface area (Å²) in [6.07, 6.45) is 5.24. The summed E-state index contributed by atoms with van der Waals surface area (Å²) in [5.74, 6) is 0.334. The van der Waals surface area contributed by atoms with Gasteiger partial charge < -0.3 is 24.8 Å². The van der Waals surface area contributed by atoms with Gasteiger partial charge in [-0.15, -0.1) is 0 Å². The number of nitrogens with one attached hydrogen (secondary N) is 3. The lowest BCUT2D eigenvalue weighted by molar-refractivity contribution is -0.134. The molecule has 2 aliphatic heterocycles. The number of hydrogen-bond donors (Lipinski definition) is 3. The van der Waals surface area contributed by atoms with Crippen molar-refractivity contribution in [2.24, 2.45) is 20.0 Å². The Labute approximate surface area is 298 Å². The zero-order valence-electron chi connectivity index (χ0n) is 28.5. The maximum Gasteiger partial charge on any atom is 0.293 e. The standard InChI is InChI=1S/C36H38ClN9O5/c1-38-31(48)19-51-29-17-22-16-23(5-8-27(22)44(2)35(29)50)40-33-26(37)18-39-36(42-33)46-12-10-20(11-13-46)14-21-4-6-24-28(15-21)45(3)43-32(24)25-7-9-30(47)41-34(25)49/h4-6,8,15-18,20,25H,7,9-14,19H2,1-3H3,(H,38,48)(H,39,40,42)(H,41,47,49). The molecule has 5 heterocycles. The fourth-order valence-corrected chi connectivity index (χ4v) is 7.06. The van der Waals surface area contributed by atoms with Crippen molar-refractivity contribution in [3.63, 3.8) is 0 Å². The van der Waals surface area contributed by atoms with Gasteiger partial charge in [0, 0.05) is 57.1 Å². The smallest absolute Gasteiger partial charge is 0.293 e. The fourth-order valence-electron chi connectivity index (χ4n) is 6.92. The van der Waals surface area contributed by atoms with Gasteiger partial charge in [-0.05, 0) is 67.5 Å². The van der Waals surface area contributed by atoms with Crippen LogP contribution in [0, 0.1) is 5.92 Å². The van der Waals surface area contributed by atoms with E-state index in [0.717, 1.165) is 54.3 Å². The Kier molecular flexibility index (Phi) is 9.34. The number of ether oxygens (including phenoxy) is 1. The summed E-state index contributed by atoms with van der Waals surface area (Å²) in [5, 5.41) is 14.9. The summed E-state index contributed by atoms with van der Waals surface area (Å²) in [4.78, 5) is 60.1. The minimum atomic E-state index is -0.424. The maximum absolute atomic E-state index is 12.8. The van der Waals surface area contributed by atoms with Crippen molar-refractivity contribution in [3.8, 4) is 5.75 Å². The minimum Gasteiger partial charge on any atom is -0.478 e. The molecule has 1 unspecified atom stereocenters. The Hall–Kier alpha value is -5.50. The molecule has 0 aliphatic carbocycles. The van der Waals surface area contributed by atoms with Crippen LogP contribution < -0.4 is 31.1 Å². The number of carbonyl (C=O) groups excluding carboxylic acids is 3. The average molecular weight is 712 g/mol. The van der Waals surface area contributed by atoms with Gasteiger partial charge in [-0.25, -0.2) is 4.98 Å². The van der Waals surface area contributed by atoms with Crippen LogP contribution in [-0.4, -0.2) is 68.8 Å². The number of aryl methyl sites for hydroxylation is 2. The first-order valence-corrected chi connectivity index (χ1v) is 17.3.